The molecule has 0 aromatic heterocycles. The van der Waals surface area contributed by atoms with Crippen LogP contribution in [0.5, 0.6) is 5.75 Å². The molecule has 0 aliphatic carbocycles. The zero-order valence-electron chi connectivity index (χ0n) is 15.4. The van der Waals surface area contributed by atoms with Gasteiger partial charge in [0.25, 0.3) is 0 Å². The highest BCUT2D eigenvalue weighted by molar-refractivity contribution is 14.0. The van der Waals surface area contributed by atoms with Crippen LogP contribution in [0.15, 0.2) is 41.9 Å². The Morgan fingerprint density at radius 3 is 2.58 bits per heavy atom. The van der Waals surface area contributed by atoms with Crippen LogP contribution in [0, 0.1) is 0 Å². The van der Waals surface area contributed by atoms with Crippen molar-refractivity contribution in [2.24, 2.45) is 4.99 Å². The summed E-state index contributed by atoms with van der Waals surface area (Å²) in [6.45, 7) is 7.90. The third-order valence-corrected chi connectivity index (χ3v) is 4.02. The first-order chi connectivity index (χ1) is 11.1. The molecular formula is C19H32IN3O. The van der Waals surface area contributed by atoms with E-state index in [-0.39, 0.29) is 24.0 Å². The predicted molar refractivity (Wildman–Crippen MR) is 115 cm³/mol. The second-order valence-electron chi connectivity index (χ2n) is 5.79. The predicted octanol–water partition coefficient (Wildman–Crippen LogP) is 4.28. The molecule has 1 aromatic carbocycles. The molecule has 1 unspecified atom stereocenters. The van der Waals surface area contributed by atoms with Crippen molar-refractivity contribution in [3.63, 3.8) is 0 Å². The third kappa shape index (κ3) is 8.04. The Morgan fingerprint density at radius 2 is 2.04 bits per heavy atom. The molecule has 0 saturated heterocycles. The maximum absolute atomic E-state index is 5.20. The van der Waals surface area contributed by atoms with Crippen LogP contribution in [0.4, 0.5) is 0 Å². The average molecular weight is 445 g/mol. The maximum atomic E-state index is 5.20. The molecule has 0 amide bonds. The molecule has 0 heterocycles. The molecule has 0 aliphatic rings. The van der Waals surface area contributed by atoms with E-state index >= 15 is 0 Å². The van der Waals surface area contributed by atoms with Gasteiger partial charge in [0.15, 0.2) is 5.96 Å². The first-order valence-corrected chi connectivity index (χ1v) is 8.29. The van der Waals surface area contributed by atoms with E-state index in [1.54, 1.807) is 7.11 Å². The summed E-state index contributed by atoms with van der Waals surface area (Å²) in [4.78, 5) is 6.52. The Bertz CT molecular complexity index is 488. The lowest BCUT2D eigenvalue weighted by molar-refractivity contribution is 0.414. The standard InChI is InChI=1S/C19H31N3O.HI/c1-6-7-8-15-22(4)19(20-3)21-14-13-16(2)17-9-11-18(23-5)12-10-17;/h6,9-12,16H,1,7-8,13-15H2,2-5H3,(H,20,21);1H. The van der Waals surface area contributed by atoms with Gasteiger partial charge >= 0.3 is 0 Å². The summed E-state index contributed by atoms with van der Waals surface area (Å²) in [5.41, 5.74) is 1.34. The molecule has 0 radical (unpaired) electrons. The van der Waals surface area contributed by atoms with E-state index in [2.05, 4.69) is 47.9 Å². The molecule has 4 nitrogen and oxygen atoms in total. The quantitative estimate of drug-likeness (QED) is 0.203. The summed E-state index contributed by atoms with van der Waals surface area (Å²) in [6.07, 6.45) is 5.16. The first-order valence-electron chi connectivity index (χ1n) is 8.29. The van der Waals surface area contributed by atoms with Gasteiger partial charge in [0.2, 0.25) is 0 Å². The number of hydrogen-bond acceptors (Lipinski definition) is 2. The van der Waals surface area contributed by atoms with Crippen molar-refractivity contribution in [3.8, 4) is 5.75 Å². The van der Waals surface area contributed by atoms with Gasteiger partial charge in [-0.15, -0.1) is 30.6 Å². The van der Waals surface area contributed by atoms with Crippen LogP contribution < -0.4 is 10.1 Å². The summed E-state index contributed by atoms with van der Waals surface area (Å²) in [5, 5.41) is 3.44. The van der Waals surface area contributed by atoms with Gasteiger partial charge in [0.05, 0.1) is 7.11 Å². The lowest BCUT2D eigenvalue weighted by atomic mass is 9.98. The minimum absolute atomic E-state index is 0. The smallest absolute Gasteiger partial charge is 0.193 e. The average Bonchev–Trinajstić information content (AvgIpc) is 2.58. The fraction of sp³-hybridized carbons (Fsp3) is 0.526. The lowest BCUT2D eigenvalue weighted by Gasteiger charge is -2.22. The minimum atomic E-state index is 0. The van der Waals surface area contributed by atoms with Crippen LogP contribution in [0.2, 0.25) is 0 Å². The highest BCUT2D eigenvalue weighted by Crippen LogP contribution is 2.21. The third-order valence-electron chi connectivity index (χ3n) is 4.02. The molecular weight excluding hydrogens is 413 g/mol. The van der Waals surface area contributed by atoms with Crippen molar-refractivity contribution in [2.45, 2.75) is 32.1 Å². The lowest BCUT2D eigenvalue weighted by Crippen LogP contribution is -2.40. The monoisotopic (exact) mass is 445 g/mol. The van der Waals surface area contributed by atoms with Crippen LogP contribution in [0.25, 0.3) is 0 Å². The van der Waals surface area contributed by atoms with Gasteiger partial charge < -0.3 is 15.0 Å². The molecule has 0 bridgehead atoms. The molecule has 1 rings (SSSR count). The second-order valence-corrected chi connectivity index (χ2v) is 5.79. The summed E-state index contributed by atoms with van der Waals surface area (Å²) in [5.74, 6) is 2.36. The van der Waals surface area contributed by atoms with Gasteiger partial charge in [0.1, 0.15) is 5.75 Å². The Kier molecular flexibility index (Phi) is 12.4. The van der Waals surface area contributed by atoms with Gasteiger partial charge in [-0.05, 0) is 42.9 Å². The number of unbranched alkanes of at least 4 members (excludes halogenated alkanes) is 1. The van der Waals surface area contributed by atoms with Crippen LogP contribution >= 0.6 is 24.0 Å². The van der Waals surface area contributed by atoms with Crippen molar-refractivity contribution in [2.75, 3.05) is 34.3 Å². The van der Waals surface area contributed by atoms with E-state index in [9.17, 15) is 0 Å². The number of allylic oxidation sites excluding steroid dienone is 1. The second kappa shape index (κ2) is 13.1. The van der Waals surface area contributed by atoms with E-state index in [0.717, 1.165) is 44.1 Å². The molecule has 1 aromatic rings. The Balaban J connectivity index is 0.00000529. The molecule has 1 N–H and O–H groups in total. The van der Waals surface area contributed by atoms with E-state index in [4.69, 9.17) is 4.74 Å². The Labute approximate surface area is 164 Å². The number of nitrogens with zero attached hydrogens (tertiary/aromatic N) is 2. The minimum Gasteiger partial charge on any atom is -0.497 e. The van der Waals surface area contributed by atoms with E-state index in [0.29, 0.717) is 5.92 Å². The van der Waals surface area contributed by atoms with Gasteiger partial charge in [-0.25, -0.2) is 0 Å². The molecule has 0 saturated carbocycles. The zero-order valence-corrected chi connectivity index (χ0v) is 17.7. The first kappa shape index (κ1) is 22.8. The highest BCUT2D eigenvalue weighted by atomic mass is 127. The van der Waals surface area contributed by atoms with Gasteiger partial charge in [0, 0.05) is 27.2 Å². The fourth-order valence-corrected chi connectivity index (χ4v) is 2.46. The Hall–Kier alpha value is -1.24. The largest absolute Gasteiger partial charge is 0.497 e. The number of benzene rings is 1. The number of methoxy groups -OCH3 is 1. The van der Waals surface area contributed by atoms with Crippen LogP contribution in [-0.4, -0.2) is 45.2 Å². The summed E-state index contributed by atoms with van der Waals surface area (Å²) >= 11 is 0. The number of nitrogens with one attached hydrogen (secondary N) is 1. The van der Waals surface area contributed by atoms with Gasteiger partial charge in [-0.3, -0.25) is 4.99 Å². The van der Waals surface area contributed by atoms with Gasteiger partial charge in [-0.2, -0.15) is 0 Å². The molecule has 0 aliphatic heterocycles. The number of guanidine groups is 1. The van der Waals surface area contributed by atoms with Crippen LogP contribution in [-0.2, 0) is 0 Å². The SMILES string of the molecule is C=CCCCN(C)C(=NC)NCCC(C)c1ccc(OC)cc1.I. The highest BCUT2D eigenvalue weighted by Gasteiger charge is 2.08. The molecule has 5 heteroatoms. The Morgan fingerprint density at radius 1 is 1.38 bits per heavy atom. The summed E-state index contributed by atoms with van der Waals surface area (Å²) in [6, 6.07) is 8.32. The molecule has 0 fully saturated rings. The maximum Gasteiger partial charge on any atom is 0.193 e. The van der Waals surface area contributed by atoms with Crippen molar-refractivity contribution in [3.05, 3.63) is 42.5 Å². The zero-order chi connectivity index (χ0) is 17.1. The normalized spacial score (nSPS) is 12.1. The molecule has 0 spiro atoms. The number of hydrogen-bond donors (Lipinski definition) is 1. The van der Waals surface area contributed by atoms with E-state index < -0.39 is 0 Å². The van der Waals surface area contributed by atoms with Crippen molar-refractivity contribution >= 4 is 29.9 Å². The summed E-state index contributed by atoms with van der Waals surface area (Å²) < 4.78 is 5.20. The van der Waals surface area contributed by atoms with Crippen LogP contribution in [0.1, 0.15) is 37.7 Å². The molecule has 24 heavy (non-hydrogen) atoms. The van der Waals surface area contributed by atoms with Crippen molar-refractivity contribution in [1.29, 1.82) is 0 Å². The topological polar surface area (TPSA) is 36.9 Å². The van der Waals surface area contributed by atoms with E-state index in [1.165, 1.54) is 5.56 Å². The molecule has 136 valence electrons. The number of halogens is 1. The fourth-order valence-electron chi connectivity index (χ4n) is 2.46. The summed E-state index contributed by atoms with van der Waals surface area (Å²) in [7, 11) is 5.60. The number of rotatable bonds is 9. The van der Waals surface area contributed by atoms with Gasteiger partial charge in [-0.1, -0.05) is 25.1 Å². The van der Waals surface area contributed by atoms with Crippen molar-refractivity contribution in [1.82, 2.24) is 10.2 Å². The van der Waals surface area contributed by atoms with Crippen LogP contribution in [0.3, 0.4) is 0 Å². The number of ether oxygens (including phenoxy) is 1. The number of aliphatic imine (C=N–C) groups is 1. The molecule has 1 atom stereocenters. The van der Waals surface area contributed by atoms with Crippen molar-refractivity contribution < 1.29 is 4.74 Å². The van der Waals surface area contributed by atoms with E-state index in [1.807, 2.05) is 25.3 Å².